The van der Waals surface area contributed by atoms with Gasteiger partial charge in [-0.25, -0.2) is 4.79 Å². The van der Waals surface area contributed by atoms with Gasteiger partial charge in [0.05, 0.1) is 12.6 Å². The van der Waals surface area contributed by atoms with Gasteiger partial charge in [-0.15, -0.1) is 10.2 Å². The van der Waals surface area contributed by atoms with E-state index < -0.39 is 5.97 Å². The fourth-order valence-corrected chi connectivity index (χ4v) is 2.56. The number of anilines is 2. The molecular formula is C12H15N5O2S. The molecule has 3 rings (SSSR count). The minimum absolute atomic E-state index is 0.243. The molecule has 0 radical (unpaired) electrons. The second kappa shape index (κ2) is 5.58. The van der Waals surface area contributed by atoms with Gasteiger partial charge in [-0.2, -0.15) is 5.10 Å². The molecule has 0 bridgehead atoms. The van der Waals surface area contributed by atoms with Crippen LogP contribution in [-0.4, -0.2) is 32.6 Å². The summed E-state index contributed by atoms with van der Waals surface area (Å²) in [4.78, 5) is 11.5. The van der Waals surface area contributed by atoms with Crippen LogP contribution in [-0.2, 0) is 4.74 Å². The molecule has 0 aliphatic heterocycles. The maximum atomic E-state index is 11.5. The molecule has 0 saturated heterocycles. The Morgan fingerprint density at radius 3 is 3.10 bits per heavy atom. The highest BCUT2D eigenvalue weighted by Gasteiger charge is 2.20. The number of nitrogens with zero attached hydrogens (tertiary/aromatic N) is 4. The lowest BCUT2D eigenvalue weighted by Crippen LogP contribution is -2.17. The molecule has 1 aliphatic carbocycles. The van der Waals surface area contributed by atoms with Crippen molar-refractivity contribution in [3.63, 3.8) is 0 Å². The Morgan fingerprint density at radius 1 is 1.55 bits per heavy atom. The van der Waals surface area contributed by atoms with E-state index in [0.29, 0.717) is 23.6 Å². The first-order valence-corrected chi connectivity index (χ1v) is 7.40. The predicted octanol–water partition coefficient (Wildman–Crippen LogP) is 2.38. The maximum Gasteiger partial charge on any atom is 0.369 e. The zero-order valence-electron chi connectivity index (χ0n) is 11.1. The number of aromatic nitrogens is 4. The molecule has 106 valence electrons. The quantitative estimate of drug-likeness (QED) is 0.852. The molecule has 2 aromatic heterocycles. The zero-order valence-corrected chi connectivity index (χ0v) is 11.9. The molecule has 2 heterocycles. The number of esters is 1. The lowest BCUT2D eigenvalue weighted by atomic mass is 9.93. The third-order valence-electron chi connectivity index (χ3n) is 3.17. The first kappa shape index (κ1) is 13.0. The minimum Gasteiger partial charge on any atom is -0.461 e. The molecule has 0 unspecified atom stereocenters. The largest absolute Gasteiger partial charge is 0.461 e. The van der Waals surface area contributed by atoms with Gasteiger partial charge in [-0.1, -0.05) is 11.3 Å². The summed E-state index contributed by atoms with van der Waals surface area (Å²) in [5.41, 5.74) is 0. The molecular weight excluding hydrogens is 278 g/mol. The van der Waals surface area contributed by atoms with E-state index in [-0.39, 0.29) is 5.01 Å². The smallest absolute Gasteiger partial charge is 0.369 e. The summed E-state index contributed by atoms with van der Waals surface area (Å²) in [5, 5.41) is 16.0. The highest BCUT2D eigenvalue weighted by molar-refractivity contribution is 7.17. The van der Waals surface area contributed by atoms with Crippen molar-refractivity contribution < 1.29 is 9.53 Å². The van der Waals surface area contributed by atoms with Gasteiger partial charge in [0.2, 0.25) is 10.1 Å². The standard InChI is InChI=1S/C12H15N5O2S/c1-2-19-11(18)10-14-15-12(20-10)13-9-6-7-17(16-9)8-4-3-5-8/h6-8H,2-5H2,1H3,(H,13,15,16). The van der Waals surface area contributed by atoms with Crippen molar-refractivity contribution >= 4 is 28.3 Å². The summed E-state index contributed by atoms with van der Waals surface area (Å²) < 4.78 is 6.84. The number of carbonyl (C=O) groups is 1. The SMILES string of the molecule is CCOC(=O)c1nnc(Nc2ccn(C3CCC3)n2)s1. The molecule has 1 saturated carbocycles. The number of hydrogen-bond donors (Lipinski definition) is 1. The fourth-order valence-electron chi connectivity index (χ4n) is 1.92. The van der Waals surface area contributed by atoms with Gasteiger partial charge in [-0.05, 0) is 26.2 Å². The molecule has 0 spiro atoms. The zero-order chi connectivity index (χ0) is 13.9. The Hall–Kier alpha value is -1.96. The first-order chi connectivity index (χ1) is 9.76. The highest BCUT2D eigenvalue weighted by Crippen LogP contribution is 2.31. The van der Waals surface area contributed by atoms with Gasteiger partial charge in [0.15, 0.2) is 5.82 Å². The summed E-state index contributed by atoms with van der Waals surface area (Å²) in [5.74, 6) is 0.265. The van der Waals surface area contributed by atoms with Gasteiger partial charge in [-0.3, -0.25) is 4.68 Å². The van der Waals surface area contributed by atoms with Crippen LogP contribution in [0.15, 0.2) is 12.3 Å². The molecule has 8 heteroatoms. The predicted molar refractivity (Wildman–Crippen MR) is 74.3 cm³/mol. The molecule has 1 aliphatic rings. The van der Waals surface area contributed by atoms with Crippen LogP contribution in [0, 0.1) is 0 Å². The van der Waals surface area contributed by atoms with Crippen molar-refractivity contribution in [2.24, 2.45) is 0 Å². The van der Waals surface area contributed by atoms with Crippen LogP contribution in [0.1, 0.15) is 42.0 Å². The lowest BCUT2D eigenvalue weighted by molar-refractivity contribution is 0.0525. The average Bonchev–Trinajstić information content (AvgIpc) is 2.98. The molecule has 1 fully saturated rings. The Bertz CT molecular complexity index is 605. The molecule has 2 aromatic rings. The topological polar surface area (TPSA) is 81.9 Å². The summed E-state index contributed by atoms with van der Waals surface area (Å²) in [7, 11) is 0. The van der Waals surface area contributed by atoms with Crippen molar-refractivity contribution in [3.8, 4) is 0 Å². The van der Waals surface area contributed by atoms with E-state index in [0.717, 1.165) is 11.3 Å². The van der Waals surface area contributed by atoms with E-state index in [1.165, 1.54) is 19.3 Å². The molecule has 1 N–H and O–H groups in total. The van der Waals surface area contributed by atoms with Crippen LogP contribution >= 0.6 is 11.3 Å². The summed E-state index contributed by atoms with van der Waals surface area (Å²) in [6.45, 7) is 2.08. The molecule has 7 nitrogen and oxygen atoms in total. The Kier molecular flexibility index (Phi) is 3.64. The van der Waals surface area contributed by atoms with Crippen LogP contribution in [0.5, 0.6) is 0 Å². The second-order valence-electron chi connectivity index (χ2n) is 4.52. The number of hydrogen-bond acceptors (Lipinski definition) is 7. The van der Waals surface area contributed by atoms with Gasteiger partial charge >= 0.3 is 5.97 Å². The fraction of sp³-hybridized carbons (Fsp3) is 0.500. The third kappa shape index (κ3) is 2.64. The lowest BCUT2D eigenvalue weighted by Gasteiger charge is -2.25. The normalized spacial score (nSPS) is 14.8. The van der Waals surface area contributed by atoms with Crippen molar-refractivity contribution in [3.05, 3.63) is 17.3 Å². The monoisotopic (exact) mass is 293 g/mol. The Labute approximate surface area is 120 Å². The average molecular weight is 293 g/mol. The number of rotatable bonds is 5. The van der Waals surface area contributed by atoms with E-state index in [4.69, 9.17) is 4.74 Å². The van der Waals surface area contributed by atoms with E-state index >= 15 is 0 Å². The summed E-state index contributed by atoms with van der Waals surface area (Å²) >= 11 is 1.16. The molecule has 20 heavy (non-hydrogen) atoms. The van der Waals surface area contributed by atoms with Gasteiger partial charge in [0.1, 0.15) is 0 Å². The Balaban J connectivity index is 1.65. The van der Waals surface area contributed by atoms with E-state index in [1.54, 1.807) is 6.92 Å². The van der Waals surface area contributed by atoms with E-state index in [2.05, 4.69) is 20.6 Å². The molecule has 0 amide bonds. The number of carbonyl (C=O) groups excluding carboxylic acids is 1. The van der Waals surface area contributed by atoms with Crippen LogP contribution in [0.2, 0.25) is 0 Å². The van der Waals surface area contributed by atoms with Crippen LogP contribution < -0.4 is 5.32 Å². The van der Waals surface area contributed by atoms with Gasteiger partial charge in [0, 0.05) is 12.3 Å². The van der Waals surface area contributed by atoms with E-state index in [9.17, 15) is 4.79 Å². The summed E-state index contributed by atoms with van der Waals surface area (Å²) in [6.07, 6.45) is 5.60. The van der Waals surface area contributed by atoms with Gasteiger partial charge < -0.3 is 10.1 Å². The van der Waals surface area contributed by atoms with Crippen molar-refractivity contribution in [1.29, 1.82) is 0 Å². The van der Waals surface area contributed by atoms with Crippen molar-refractivity contribution in [2.75, 3.05) is 11.9 Å². The van der Waals surface area contributed by atoms with Crippen molar-refractivity contribution in [1.82, 2.24) is 20.0 Å². The third-order valence-corrected chi connectivity index (χ3v) is 3.99. The highest BCUT2D eigenvalue weighted by atomic mass is 32.1. The minimum atomic E-state index is -0.446. The van der Waals surface area contributed by atoms with E-state index in [1.807, 2.05) is 16.9 Å². The molecule has 0 aromatic carbocycles. The number of nitrogens with one attached hydrogen (secondary N) is 1. The number of ether oxygens (including phenoxy) is 1. The molecule has 0 atom stereocenters. The van der Waals surface area contributed by atoms with Gasteiger partial charge in [0.25, 0.3) is 0 Å². The Morgan fingerprint density at radius 2 is 2.40 bits per heavy atom. The van der Waals surface area contributed by atoms with Crippen LogP contribution in [0.3, 0.4) is 0 Å². The summed E-state index contributed by atoms with van der Waals surface area (Å²) in [6, 6.07) is 2.42. The van der Waals surface area contributed by atoms with Crippen LogP contribution in [0.4, 0.5) is 10.9 Å². The van der Waals surface area contributed by atoms with Crippen LogP contribution in [0.25, 0.3) is 0 Å². The second-order valence-corrected chi connectivity index (χ2v) is 5.50. The van der Waals surface area contributed by atoms with Crippen molar-refractivity contribution in [2.45, 2.75) is 32.2 Å². The maximum absolute atomic E-state index is 11.5. The first-order valence-electron chi connectivity index (χ1n) is 6.59.